The molecular formula is C20H24N2O3. The lowest BCUT2D eigenvalue weighted by Gasteiger charge is -2.17. The van der Waals surface area contributed by atoms with Crippen LogP contribution in [0.15, 0.2) is 48.5 Å². The summed E-state index contributed by atoms with van der Waals surface area (Å²) in [5.74, 6) is 1.02. The Balaban J connectivity index is 1.52. The van der Waals surface area contributed by atoms with Crippen LogP contribution in [-0.2, 0) is 4.79 Å². The maximum Gasteiger partial charge on any atom is 0.262 e. The molecule has 0 spiro atoms. The van der Waals surface area contributed by atoms with Crippen molar-refractivity contribution in [1.82, 2.24) is 0 Å². The normalized spacial score (nSPS) is 13.6. The van der Waals surface area contributed by atoms with Gasteiger partial charge in [0.15, 0.2) is 18.1 Å². The second-order valence-electron chi connectivity index (χ2n) is 5.96. The highest BCUT2D eigenvalue weighted by atomic mass is 16.5. The molecule has 0 unspecified atom stereocenters. The zero-order valence-electron chi connectivity index (χ0n) is 14.5. The largest absolute Gasteiger partial charge is 0.490 e. The van der Waals surface area contributed by atoms with Gasteiger partial charge < -0.3 is 19.7 Å². The summed E-state index contributed by atoms with van der Waals surface area (Å²) in [7, 11) is 0. The Morgan fingerprint density at radius 2 is 1.64 bits per heavy atom. The average molecular weight is 340 g/mol. The molecule has 5 nitrogen and oxygen atoms in total. The van der Waals surface area contributed by atoms with E-state index in [-0.39, 0.29) is 12.5 Å². The number of amides is 1. The summed E-state index contributed by atoms with van der Waals surface area (Å²) in [6, 6.07) is 15.3. The second kappa shape index (κ2) is 8.42. The Kier molecular flexibility index (Phi) is 5.77. The van der Waals surface area contributed by atoms with E-state index in [1.54, 1.807) is 6.07 Å². The van der Waals surface area contributed by atoms with Crippen LogP contribution in [0, 0.1) is 0 Å². The molecule has 2 aromatic carbocycles. The van der Waals surface area contributed by atoms with Gasteiger partial charge in [0.25, 0.3) is 5.91 Å². The van der Waals surface area contributed by atoms with Crippen molar-refractivity contribution < 1.29 is 14.3 Å². The van der Waals surface area contributed by atoms with Gasteiger partial charge in [-0.15, -0.1) is 0 Å². The highest BCUT2D eigenvalue weighted by Crippen LogP contribution is 2.26. The van der Waals surface area contributed by atoms with Crippen LogP contribution in [0.4, 0.5) is 11.4 Å². The first-order chi connectivity index (χ1) is 12.3. The molecule has 0 radical (unpaired) electrons. The quantitative estimate of drug-likeness (QED) is 0.835. The van der Waals surface area contributed by atoms with Crippen LogP contribution < -0.4 is 19.7 Å². The van der Waals surface area contributed by atoms with E-state index in [0.29, 0.717) is 18.1 Å². The van der Waals surface area contributed by atoms with E-state index in [1.807, 2.05) is 49.4 Å². The molecule has 1 aliphatic heterocycles. The summed E-state index contributed by atoms with van der Waals surface area (Å²) in [5.41, 5.74) is 1.98. The van der Waals surface area contributed by atoms with Crippen LogP contribution in [0.1, 0.15) is 19.8 Å². The lowest BCUT2D eigenvalue weighted by molar-refractivity contribution is -0.118. The number of hydrogen-bond donors (Lipinski definition) is 1. The van der Waals surface area contributed by atoms with Crippen molar-refractivity contribution in [1.29, 1.82) is 0 Å². The van der Waals surface area contributed by atoms with Gasteiger partial charge in [-0.25, -0.2) is 0 Å². The van der Waals surface area contributed by atoms with Crippen molar-refractivity contribution in [3.63, 3.8) is 0 Å². The van der Waals surface area contributed by atoms with Gasteiger partial charge in [-0.1, -0.05) is 12.1 Å². The molecule has 0 atom stereocenters. The molecule has 5 heteroatoms. The number of para-hydroxylation sites is 2. The third kappa shape index (κ3) is 4.66. The minimum atomic E-state index is -0.194. The third-order valence-corrected chi connectivity index (χ3v) is 4.13. The molecule has 2 aromatic rings. The summed E-state index contributed by atoms with van der Waals surface area (Å²) in [5, 5.41) is 2.86. The summed E-state index contributed by atoms with van der Waals surface area (Å²) in [4.78, 5) is 14.5. The van der Waals surface area contributed by atoms with Gasteiger partial charge in [0.1, 0.15) is 0 Å². The fourth-order valence-corrected chi connectivity index (χ4v) is 2.92. The molecule has 1 heterocycles. The van der Waals surface area contributed by atoms with E-state index < -0.39 is 0 Å². The van der Waals surface area contributed by atoms with Crippen molar-refractivity contribution >= 4 is 17.3 Å². The summed E-state index contributed by atoms with van der Waals surface area (Å²) >= 11 is 0. The molecule has 1 N–H and O–H groups in total. The van der Waals surface area contributed by atoms with Crippen molar-refractivity contribution in [3.05, 3.63) is 48.5 Å². The number of nitrogens with zero attached hydrogens (tertiary/aromatic N) is 1. The first-order valence-electron chi connectivity index (χ1n) is 8.76. The van der Waals surface area contributed by atoms with Crippen LogP contribution in [0.3, 0.4) is 0 Å². The van der Waals surface area contributed by atoms with Crippen LogP contribution in [-0.4, -0.2) is 32.2 Å². The van der Waals surface area contributed by atoms with Gasteiger partial charge >= 0.3 is 0 Å². The predicted molar refractivity (Wildman–Crippen MR) is 99.6 cm³/mol. The zero-order valence-corrected chi connectivity index (χ0v) is 14.5. The third-order valence-electron chi connectivity index (χ3n) is 4.13. The van der Waals surface area contributed by atoms with E-state index in [2.05, 4.69) is 10.2 Å². The highest BCUT2D eigenvalue weighted by molar-refractivity contribution is 5.92. The molecule has 0 bridgehead atoms. The number of carbonyl (C=O) groups excluding carboxylic acids is 1. The molecule has 1 fully saturated rings. The lowest BCUT2D eigenvalue weighted by atomic mass is 10.2. The topological polar surface area (TPSA) is 50.8 Å². The van der Waals surface area contributed by atoms with Crippen molar-refractivity contribution in [2.75, 3.05) is 36.5 Å². The van der Waals surface area contributed by atoms with Crippen molar-refractivity contribution in [2.24, 2.45) is 0 Å². The van der Waals surface area contributed by atoms with Crippen molar-refractivity contribution in [3.8, 4) is 11.5 Å². The van der Waals surface area contributed by atoms with Gasteiger partial charge in [0.05, 0.1) is 6.61 Å². The Morgan fingerprint density at radius 3 is 2.28 bits per heavy atom. The molecule has 0 aromatic heterocycles. The number of nitrogens with one attached hydrogen (secondary N) is 1. The maximum absolute atomic E-state index is 12.1. The first-order valence-corrected chi connectivity index (χ1v) is 8.76. The Bertz CT molecular complexity index is 694. The molecule has 132 valence electrons. The van der Waals surface area contributed by atoms with Gasteiger partial charge in [-0.2, -0.15) is 0 Å². The van der Waals surface area contributed by atoms with E-state index in [4.69, 9.17) is 9.47 Å². The monoisotopic (exact) mass is 340 g/mol. The summed E-state index contributed by atoms with van der Waals surface area (Å²) in [6.07, 6.45) is 2.50. The summed E-state index contributed by atoms with van der Waals surface area (Å²) < 4.78 is 11.1. The van der Waals surface area contributed by atoms with E-state index in [0.717, 1.165) is 18.8 Å². The van der Waals surface area contributed by atoms with E-state index >= 15 is 0 Å². The predicted octanol–water partition coefficient (Wildman–Crippen LogP) is 3.70. The number of carbonyl (C=O) groups is 1. The standard InChI is InChI=1S/C20H24N2O3/c1-2-24-18-7-3-4-8-19(18)25-15-20(23)21-16-9-11-17(12-10-16)22-13-5-6-14-22/h3-4,7-12H,2,5-6,13-15H2,1H3,(H,21,23). The van der Waals surface area contributed by atoms with Gasteiger partial charge in [-0.05, 0) is 56.2 Å². The Hall–Kier alpha value is -2.69. The average Bonchev–Trinajstić information content (AvgIpc) is 3.17. The maximum atomic E-state index is 12.1. The molecule has 0 aliphatic carbocycles. The minimum absolute atomic E-state index is 0.0576. The van der Waals surface area contributed by atoms with Crippen LogP contribution in [0.5, 0.6) is 11.5 Å². The number of ether oxygens (including phenoxy) is 2. The zero-order chi connectivity index (χ0) is 17.5. The first kappa shape index (κ1) is 17.1. The second-order valence-corrected chi connectivity index (χ2v) is 5.96. The lowest BCUT2D eigenvalue weighted by Crippen LogP contribution is -2.21. The minimum Gasteiger partial charge on any atom is -0.490 e. The van der Waals surface area contributed by atoms with Crippen LogP contribution >= 0.6 is 0 Å². The van der Waals surface area contributed by atoms with Gasteiger partial charge in [0.2, 0.25) is 0 Å². The van der Waals surface area contributed by atoms with E-state index in [1.165, 1.54) is 18.5 Å². The van der Waals surface area contributed by atoms with E-state index in [9.17, 15) is 4.79 Å². The fraction of sp³-hybridized carbons (Fsp3) is 0.350. The molecular weight excluding hydrogens is 316 g/mol. The fourth-order valence-electron chi connectivity index (χ4n) is 2.92. The molecule has 0 saturated carbocycles. The van der Waals surface area contributed by atoms with Crippen molar-refractivity contribution in [2.45, 2.75) is 19.8 Å². The molecule has 25 heavy (non-hydrogen) atoms. The number of rotatable bonds is 7. The number of benzene rings is 2. The van der Waals surface area contributed by atoms with Gasteiger partial charge in [0, 0.05) is 24.5 Å². The Morgan fingerprint density at radius 1 is 1.00 bits per heavy atom. The number of anilines is 2. The highest BCUT2D eigenvalue weighted by Gasteiger charge is 2.12. The molecule has 1 aliphatic rings. The number of hydrogen-bond acceptors (Lipinski definition) is 4. The smallest absolute Gasteiger partial charge is 0.262 e. The molecule has 3 rings (SSSR count). The molecule has 1 saturated heterocycles. The van der Waals surface area contributed by atoms with Gasteiger partial charge in [-0.3, -0.25) is 4.79 Å². The molecule has 1 amide bonds. The van der Waals surface area contributed by atoms with Crippen LogP contribution in [0.2, 0.25) is 0 Å². The van der Waals surface area contributed by atoms with Crippen LogP contribution in [0.25, 0.3) is 0 Å². The Labute approximate surface area is 148 Å². The SMILES string of the molecule is CCOc1ccccc1OCC(=O)Nc1ccc(N2CCCC2)cc1. The summed E-state index contributed by atoms with van der Waals surface area (Å²) in [6.45, 7) is 4.63.